The van der Waals surface area contributed by atoms with Crippen LogP contribution >= 0.6 is 0 Å². The lowest BCUT2D eigenvalue weighted by molar-refractivity contribution is -0.123. The lowest BCUT2D eigenvalue weighted by Gasteiger charge is -2.15. The number of carboxylic acid groups (broad SMARTS) is 1. The van der Waals surface area contributed by atoms with E-state index in [-0.39, 0.29) is 23.0 Å². The number of aliphatic imine (C=N–C) groups is 1. The van der Waals surface area contributed by atoms with Crippen molar-refractivity contribution in [2.75, 3.05) is 0 Å². The molecule has 0 saturated heterocycles. The number of nitrogens with zero attached hydrogens (tertiary/aromatic N) is 2. The van der Waals surface area contributed by atoms with Gasteiger partial charge in [-0.15, -0.1) is 0 Å². The summed E-state index contributed by atoms with van der Waals surface area (Å²) in [5.74, 6) is -1.09. The molecule has 0 fully saturated rings. The zero-order chi connectivity index (χ0) is 16.6. The molecule has 1 aliphatic heterocycles. The minimum absolute atomic E-state index is 0.0310. The Morgan fingerprint density at radius 2 is 2.09 bits per heavy atom. The number of para-hydroxylation sites is 1. The number of carbonyl (C=O) groups is 2. The predicted octanol–water partition coefficient (Wildman–Crippen LogP) is 2.37. The van der Waals surface area contributed by atoms with Gasteiger partial charge < -0.3 is 10.4 Å². The maximum absolute atomic E-state index is 12.2. The van der Waals surface area contributed by atoms with Crippen LogP contribution in [0.2, 0.25) is 0 Å². The van der Waals surface area contributed by atoms with E-state index in [0.29, 0.717) is 11.9 Å². The molecule has 0 bridgehead atoms. The summed E-state index contributed by atoms with van der Waals surface area (Å²) in [4.78, 5) is 32.6. The summed E-state index contributed by atoms with van der Waals surface area (Å²) in [7, 11) is 0. The number of fused-ring (bicyclic) bond motifs is 1. The van der Waals surface area contributed by atoms with Crippen molar-refractivity contribution in [1.82, 2.24) is 10.3 Å². The third-order valence-corrected chi connectivity index (χ3v) is 4.00. The number of aromatic nitrogens is 1. The molecule has 1 amide bonds. The van der Waals surface area contributed by atoms with Crippen molar-refractivity contribution in [3.05, 3.63) is 41.6 Å². The van der Waals surface area contributed by atoms with Crippen molar-refractivity contribution >= 4 is 28.6 Å². The molecule has 0 radical (unpaired) electrons. The second-order valence-electron chi connectivity index (χ2n) is 5.82. The van der Waals surface area contributed by atoms with Gasteiger partial charge in [-0.1, -0.05) is 31.5 Å². The normalized spacial score (nSPS) is 20.4. The van der Waals surface area contributed by atoms with Crippen molar-refractivity contribution in [2.45, 2.75) is 32.2 Å². The first-order valence-corrected chi connectivity index (χ1v) is 7.49. The number of benzene rings is 1. The summed E-state index contributed by atoms with van der Waals surface area (Å²) in [5, 5.41) is 12.9. The molecule has 1 unspecified atom stereocenters. The molecule has 1 atom stereocenters. The third-order valence-electron chi connectivity index (χ3n) is 4.00. The fourth-order valence-electron chi connectivity index (χ4n) is 2.80. The van der Waals surface area contributed by atoms with Gasteiger partial charge in [-0.3, -0.25) is 4.79 Å². The highest BCUT2D eigenvalue weighted by Crippen LogP contribution is 2.25. The number of rotatable bonds is 4. The van der Waals surface area contributed by atoms with Crippen LogP contribution in [0, 0.1) is 0 Å². The lowest BCUT2D eigenvalue weighted by Crippen LogP contribution is -2.37. The SMILES string of the molecule is CCCC1(C)N=C(c2nc3ccccc3cc2C(=O)O)NC1=O. The van der Waals surface area contributed by atoms with Crippen molar-refractivity contribution in [2.24, 2.45) is 4.99 Å². The molecular weight excluding hydrogens is 294 g/mol. The highest BCUT2D eigenvalue weighted by molar-refractivity contribution is 6.18. The van der Waals surface area contributed by atoms with E-state index in [4.69, 9.17) is 0 Å². The molecule has 3 rings (SSSR count). The van der Waals surface area contributed by atoms with Crippen LogP contribution in [0.15, 0.2) is 35.3 Å². The fraction of sp³-hybridized carbons (Fsp3) is 0.294. The van der Waals surface area contributed by atoms with Crippen molar-refractivity contribution in [3.63, 3.8) is 0 Å². The average Bonchev–Trinajstić information content (AvgIpc) is 2.81. The van der Waals surface area contributed by atoms with Crippen LogP contribution in [0.5, 0.6) is 0 Å². The fourth-order valence-corrected chi connectivity index (χ4v) is 2.80. The van der Waals surface area contributed by atoms with Crippen LogP contribution < -0.4 is 5.32 Å². The van der Waals surface area contributed by atoms with Crippen LogP contribution in [-0.2, 0) is 4.79 Å². The van der Waals surface area contributed by atoms with Gasteiger partial charge in [0.25, 0.3) is 5.91 Å². The summed E-state index contributed by atoms with van der Waals surface area (Å²) in [5.41, 5.74) is 0.0223. The van der Waals surface area contributed by atoms with Gasteiger partial charge >= 0.3 is 5.97 Å². The van der Waals surface area contributed by atoms with E-state index in [1.165, 1.54) is 0 Å². The highest BCUT2D eigenvalue weighted by atomic mass is 16.4. The van der Waals surface area contributed by atoms with E-state index in [0.717, 1.165) is 11.8 Å². The number of nitrogens with one attached hydrogen (secondary N) is 1. The molecule has 2 heterocycles. The molecule has 0 spiro atoms. The van der Waals surface area contributed by atoms with E-state index >= 15 is 0 Å². The molecule has 23 heavy (non-hydrogen) atoms. The Bertz CT molecular complexity index is 844. The van der Waals surface area contributed by atoms with Gasteiger partial charge in [-0.2, -0.15) is 0 Å². The van der Waals surface area contributed by atoms with Crippen molar-refractivity contribution in [1.29, 1.82) is 0 Å². The van der Waals surface area contributed by atoms with Gasteiger partial charge in [0.2, 0.25) is 0 Å². The topological polar surface area (TPSA) is 91.7 Å². The predicted molar refractivity (Wildman–Crippen MR) is 86.7 cm³/mol. The Kier molecular flexibility index (Phi) is 3.60. The zero-order valence-corrected chi connectivity index (χ0v) is 13.0. The van der Waals surface area contributed by atoms with Gasteiger partial charge in [-0.05, 0) is 25.5 Å². The number of carboxylic acids is 1. The Hall–Kier alpha value is -2.76. The maximum atomic E-state index is 12.2. The molecule has 6 heteroatoms. The first kappa shape index (κ1) is 15.1. The average molecular weight is 311 g/mol. The summed E-state index contributed by atoms with van der Waals surface area (Å²) in [6, 6.07) is 8.81. The second kappa shape index (κ2) is 5.46. The number of aromatic carboxylic acids is 1. The third kappa shape index (κ3) is 2.56. The summed E-state index contributed by atoms with van der Waals surface area (Å²) in [6.45, 7) is 3.73. The van der Waals surface area contributed by atoms with E-state index in [2.05, 4.69) is 15.3 Å². The summed E-state index contributed by atoms with van der Waals surface area (Å²) >= 11 is 0. The van der Waals surface area contributed by atoms with Crippen LogP contribution in [0.25, 0.3) is 10.9 Å². The van der Waals surface area contributed by atoms with Crippen LogP contribution in [-0.4, -0.2) is 33.3 Å². The Labute approximate surface area is 133 Å². The molecule has 2 aromatic rings. The van der Waals surface area contributed by atoms with Gasteiger partial charge in [0.15, 0.2) is 5.84 Å². The zero-order valence-electron chi connectivity index (χ0n) is 13.0. The molecular formula is C17H17N3O3. The number of carbonyl (C=O) groups excluding carboxylic acids is 1. The van der Waals surface area contributed by atoms with Gasteiger partial charge in [0.05, 0.1) is 11.1 Å². The Balaban J connectivity index is 2.17. The van der Waals surface area contributed by atoms with Crippen LogP contribution in [0.3, 0.4) is 0 Å². The number of pyridine rings is 1. The second-order valence-corrected chi connectivity index (χ2v) is 5.82. The molecule has 0 aliphatic carbocycles. The molecule has 6 nitrogen and oxygen atoms in total. The number of amides is 1. The smallest absolute Gasteiger partial charge is 0.338 e. The van der Waals surface area contributed by atoms with Crippen molar-refractivity contribution in [3.8, 4) is 0 Å². The molecule has 1 aromatic carbocycles. The molecule has 118 valence electrons. The Morgan fingerprint density at radius 1 is 1.35 bits per heavy atom. The molecule has 2 N–H and O–H groups in total. The quantitative estimate of drug-likeness (QED) is 0.906. The number of amidine groups is 1. The highest BCUT2D eigenvalue weighted by Gasteiger charge is 2.39. The minimum Gasteiger partial charge on any atom is -0.478 e. The van der Waals surface area contributed by atoms with Gasteiger partial charge in [-0.25, -0.2) is 14.8 Å². The minimum atomic E-state index is -1.10. The molecule has 0 saturated carbocycles. The first-order chi connectivity index (χ1) is 10.9. The van der Waals surface area contributed by atoms with Crippen LogP contribution in [0.4, 0.5) is 0 Å². The first-order valence-electron chi connectivity index (χ1n) is 7.49. The van der Waals surface area contributed by atoms with Crippen LogP contribution in [0.1, 0.15) is 42.7 Å². The number of hydrogen-bond acceptors (Lipinski definition) is 4. The van der Waals surface area contributed by atoms with E-state index < -0.39 is 11.5 Å². The largest absolute Gasteiger partial charge is 0.478 e. The van der Waals surface area contributed by atoms with Gasteiger partial charge in [0.1, 0.15) is 11.2 Å². The van der Waals surface area contributed by atoms with Gasteiger partial charge in [0, 0.05) is 5.39 Å². The Morgan fingerprint density at radius 3 is 2.78 bits per heavy atom. The maximum Gasteiger partial charge on any atom is 0.338 e. The van der Waals surface area contributed by atoms with E-state index in [1.807, 2.05) is 19.1 Å². The number of hydrogen-bond donors (Lipinski definition) is 2. The van der Waals surface area contributed by atoms with Crippen molar-refractivity contribution < 1.29 is 14.7 Å². The summed E-state index contributed by atoms with van der Waals surface area (Å²) < 4.78 is 0. The molecule has 1 aromatic heterocycles. The lowest BCUT2D eigenvalue weighted by atomic mass is 9.97. The monoisotopic (exact) mass is 311 g/mol. The standard InChI is InChI=1S/C17H17N3O3/c1-3-8-17(2)16(23)19-14(20-17)13-11(15(21)22)9-10-6-4-5-7-12(10)18-13/h4-7,9H,3,8H2,1-2H3,(H,21,22)(H,19,20,23). The summed E-state index contributed by atoms with van der Waals surface area (Å²) in [6.07, 6.45) is 1.40. The van der Waals surface area contributed by atoms with E-state index in [9.17, 15) is 14.7 Å². The molecule has 1 aliphatic rings. The van der Waals surface area contributed by atoms with E-state index in [1.54, 1.807) is 25.1 Å².